The number of nitrogens with zero attached hydrogens (tertiary/aromatic N) is 1. The van der Waals surface area contributed by atoms with E-state index >= 15 is 0 Å². The Balaban J connectivity index is 1.83. The Hall–Kier alpha value is -1.10. The fourth-order valence-corrected chi connectivity index (χ4v) is 2.54. The number of pyridine rings is 1. The Labute approximate surface area is 115 Å². The molecule has 1 aliphatic carbocycles. The van der Waals surface area contributed by atoms with E-state index in [1.807, 2.05) is 12.1 Å². The van der Waals surface area contributed by atoms with Crippen LogP contribution in [-0.4, -0.2) is 24.1 Å². The predicted molar refractivity (Wildman–Crippen MR) is 73.3 cm³/mol. The second-order valence-electron chi connectivity index (χ2n) is 4.58. The Morgan fingerprint density at radius 2 is 2.11 bits per heavy atom. The fraction of sp³-hybridized carbons (Fsp3) is 0.538. The van der Waals surface area contributed by atoms with Gasteiger partial charge in [-0.3, -0.25) is 4.79 Å². The lowest BCUT2D eigenvalue weighted by Crippen LogP contribution is -2.30. The summed E-state index contributed by atoms with van der Waals surface area (Å²) in [6.07, 6.45) is 5.53. The minimum atomic E-state index is -0.0739. The average Bonchev–Trinajstić information content (AvgIpc) is 2.41. The molecular formula is C13H17BrN2O2. The largest absolute Gasteiger partial charge is 0.469 e. The van der Waals surface area contributed by atoms with E-state index in [9.17, 15) is 4.79 Å². The molecule has 0 amide bonds. The summed E-state index contributed by atoms with van der Waals surface area (Å²) in [4.78, 5) is 15.7. The molecule has 1 saturated carbocycles. The van der Waals surface area contributed by atoms with Gasteiger partial charge in [0.1, 0.15) is 5.82 Å². The first-order valence-electron chi connectivity index (χ1n) is 6.15. The van der Waals surface area contributed by atoms with E-state index in [-0.39, 0.29) is 11.9 Å². The molecule has 1 aliphatic rings. The van der Waals surface area contributed by atoms with Crippen molar-refractivity contribution in [2.45, 2.75) is 31.7 Å². The van der Waals surface area contributed by atoms with Gasteiger partial charge < -0.3 is 10.1 Å². The Bertz CT molecular complexity index is 400. The molecule has 0 unspecified atom stereocenters. The third-order valence-corrected chi connectivity index (χ3v) is 3.81. The van der Waals surface area contributed by atoms with Crippen molar-refractivity contribution in [1.82, 2.24) is 4.98 Å². The highest BCUT2D eigenvalue weighted by Crippen LogP contribution is 2.27. The zero-order chi connectivity index (χ0) is 13.0. The summed E-state index contributed by atoms with van der Waals surface area (Å²) in [7, 11) is 1.46. The number of anilines is 1. The van der Waals surface area contributed by atoms with Gasteiger partial charge in [-0.05, 0) is 53.7 Å². The molecule has 1 heterocycles. The van der Waals surface area contributed by atoms with Gasteiger partial charge in [-0.15, -0.1) is 0 Å². The van der Waals surface area contributed by atoms with E-state index in [0.717, 1.165) is 36.0 Å². The van der Waals surface area contributed by atoms with Crippen molar-refractivity contribution < 1.29 is 9.53 Å². The minimum Gasteiger partial charge on any atom is -0.469 e. The zero-order valence-electron chi connectivity index (χ0n) is 10.4. The van der Waals surface area contributed by atoms with Crippen molar-refractivity contribution in [2.75, 3.05) is 12.4 Å². The summed E-state index contributed by atoms with van der Waals surface area (Å²) in [5, 5.41) is 3.40. The molecule has 1 aromatic rings. The van der Waals surface area contributed by atoms with Crippen molar-refractivity contribution in [3.05, 3.63) is 22.8 Å². The van der Waals surface area contributed by atoms with Crippen LogP contribution in [0.2, 0.25) is 0 Å². The molecule has 5 heteroatoms. The highest BCUT2D eigenvalue weighted by atomic mass is 79.9. The molecule has 4 nitrogen and oxygen atoms in total. The second kappa shape index (κ2) is 6.18. The highest BCUT2D eigenvalue weighted by molar-refractivity contribution is 9.10. The second-order valence-corrected chi connectivity index (χ2v) is 5.49. The molecule has 18 heavy (non-hydrogen) atoms. The molecule has 1 N–H and O–H groups in total. The standard InChI is InChI=1S/C13H17BrN2O2/c1-18-13(17)9-2-5-11(6-3-9)16-12-7-4-10(14)8-15-12/h4,7-9,11H,2-3,5-6H2,1H3,(H,15,16). The van der Waals surface area contributed by atoms with Gasteiger partial charge in [0, 0.05) is 16.7 Å². The number of esters is 1. The Kier molecular flexibility index (Phi) is 4.58. The lowest BCUT2D eigenvalue weighted by Gasteiger charge is -2.27. The van der Waals surface area contributed by atoms with Crippen LogP contribution in [0.15, 0.2) is 22.8 Å². The van der Waals surface area contributed by atoms with Crippen LogP contribution in [0.25, 0.3) is 0 Å². The number of rotatable bonds is 3. The predicted octanol–water partition coefficient (Wildman–Crippen LogP) is 2.99. The topological polar surface area (TPSA) is 51.2 Å². The van der Waals surface area contributed by atoms with Crippen LogP contribution in [0.4, 0.5) is 5.82 Å². The van der Waals surface area contributed by atoms with Gasteiger partial charge in [0.2, 0.25) is 0 Å². The van der Waals surface area contributed by atoms with Crippen molar-refractivity contribution in [2.24, 2.45) is 5.92 Å². The Morgan fingerprint density at radius 1 is 1.39 bits per heavy atom. The number of nitrogens with one attached hydrogen (secondary N) is 1. The van der Waals surface area contributed by atoms with Crippen LogP contribution in [0.5, 0.6) is 0 Å². The van der Waals surface area contributed by atoms with Crippen molar-refractivity contribution in [3.63, 3.8) is 0 Å². The van der Waals surface area contributed by atoms with Crippen LogP contribution in [0.3, 0.4) is 0 Å². The van der Waals surface area contributed by atoms with Gasteiger partial charge in [0.05, 0.1) is 13.0 Å². The molecule has 0 aliphatic heterocycles. The SMILES string of the molecule is COC(=O)C1CCC(Nc2ccc(Br)cn2)CC1. The van der Waals surface area contributed by atoms with Crippen LogP contribution in [0, 0.1) is 5.92 Å². The summed E-state index contributed by atoms with van der Waals surface area (Å²) in [5.74, 6) is 0.890. The average molecular weight is 313 g/mol. The van der Waals surface area contributed by atoms with Crippen LogP contribution >= 0.6 is 15.9 Å². The van der Waals surface area contributed by atoms with Gasteiger partial charge in [-0.2, -0.15) is 0 Å². The number of carbonyl (C=O) groups is 1. The minimum absolute atomic E-state index is 0.0739. The lowest BCUT2D eigenvalue weighted by atomic mass is 9.86. The molecule has 98 valence electrons. The fourth-order valence-electron chi connectivity index (χ4n) is 2.31. The molecule has 0 aromatic carbocycles. The van der Waals surface area contributed by atoms with Crippen LogP contribution in [0.1, 0.15) is 25.7 Å². The van der Waals surface area contributed by atoms with Gasteiger partial charge in [-0.1, -0.05) is 0 Å². The maximum Gasteiger partial charge on any atom is 0.308 e. The number of methoxy groups -OCH3 is 1. The summed E-state index contributed by atoms with van der Waals surface area (Å²) in [6, 6.07) is 4.32. The number of carbonyl (C=O) groups excluding carboxylic acids is 1. The molecule has 0 spiro atoms. The molecule has 1 fully saturated rings. The third kappa shape index (κ3) is 3.45. The molecule has 2 rings (SSSR count). The maximum absolute atomic E-state index is 11.4. The van der Waals surface area contributed by atoms with Crippen LogP contribution < -0.4 is 5.32 Å². The third-order valence-electron chi connectivity index (χ3n) is 3.34. The van der Waals surface area contributed by atoms with E-state index in [2.05, 4.69) is 26.2 Å². The monoisotopic (exact) mass is 312 g/mol. The van der Waals surface area contributed by atoms with E-state index < -0.39 is 0 Å². The van der Waals surface area contributed by atoms with Gasteiger partial charge in [0.15, 0.2) is 0 Å². The number of hydrogen-bond acceptors (Lipinski definition) is 4. The van der Waals surface area contributed by atoms with E-state index in [1.165, 1.54) is 7.11 Å². The molecule has 1 aromatic heterocycles. The number of hydrogen-bond donors (Lipinski definition) is 1. The summed E-state index contributed by atoms with van der Waals surface area (Å²) in [5.41, 5.74) is 0. The first kappa shape index (κ1) is 13.3. The quantitative estimate of drug-likeness (QED) is 0.872. The van der Waals surface area contributed by atoms with E-state index in [4.69, 9.17) is 4.74 Å². The molecular weight excluding hydrogens is 296 g/mol. The first-order chi connectivity index (χ1) is 8.69. The normalized spacial score (nSPS) is 23.4. The highest BCUT2D eigenvalue weighted by Gasteiger charge is 2.26. The van der Waals surface area contributed by atoms with Crippen LogP contribution in [-0.2, 0) is 9.53 Å². The smallest absolute Gasteiger partial charge is 0.308 e. The van der Waals surface area contributed by atoms with Crippen molar-refractivity contribution in [1.29, 1.82) is 0 Å². The molecule has 0 bridgehead atoms. The molecule has 0 atom stereocenters. The van der Waals surface area contributed by atoms with Gasteiger partial charge >= 0.3 is 5.97 Å². The summed E-state index contributed by atoms with van der Waals surface area (Å²) >= 11 is 3.36. The van der Waals surface area contributed by atoms with Gasteiger partial charge in [-0.25, -0.2) is 4.98 Å². The zero-order valence-corrected chi connectivity index (χ0v) is 11.9. The summed E-state index contributed by atoms with van der Waals surface area (Å²) in [6.45, 7) is 0. The first-order valence-corrected chi connectivity index (χ1v) is 6.94. The van der Waals surface area contributed by atoms with Gasteiger partial charge in [0.25, 0.3) is 0 Å². The van der Waals surface area contributed by atoms with Crippen molar-refractivity contribution in [3.8, 4) is 0 Å². The maximum atomic E-state index is 11.4. The number of ether oxygens (including phenoxy) is 1. The van der Waals surface area contributed by atoms with E-state index in [0.29, 0.717) is 6.04 Å². The number of halogens is 1. The molecule has 0 radical (unpaired) electrons. The summed E-state index contributed by atoms with van der Waals surface area (Å²) < 4.78 is 5.75. The van der Waals surface area contributed by atoms with Crippen molar-refractivity contribution >= 4 is 27.7 Å². The lowest BCUT2D eigenvalue weighted by molar-refractivity contribution is -0.146. The Morgan fingerprint density at radius 3 is 2.67 bits per heavy atom. The van der Waals surface area contributed by atoms with E-state index in [1.54, 1.807) is 6.20 Å². The molecule has 0 saturated heterocycles. The number of aromatic nitrogens is 1.